The van der Waals surface area contributed by atoms with Crippen molar-refractivity contribution in [3.8, 4) is 0 Å². The lowest BCUT2D eigenvalue weighted by molar-refractivity contribution is -0.159. The Bertz CT molecular complexity index is 297. The fourth-order valence-corrected chi connectivity index (χ4v) is 2.55. The van der Waals surface area contributed by atoms with Crippen molar-refractivity contribution in [2.24, 2.45) is 0 Å². The van der Waals surface area contributed by atoms with Gasteiger partial charge in [-0.05, 0) is 19.8 Å². The molecule has 1 aliphatic rings. The molecule has 0 aliphatic heterocycles. The molecule has 0 heterocycles. The fourth-order valence-electron chi connectivity index (χ4n) is 2.55. The lowest BCUT2D eigenvalue weighted by atomic mass is 9.83. The van der Waals surface area contributed by atoms with E-state index in [1.54, 1.807) is 12.0 Å². The number of rotatable bonds is 6. The van der Waals surface area contributed by atoms with Crippen molar-refractivity contribution < 1.29 is 19.4 Å². The van der Waals surface area contributed by atoms with Gasteiger partial charge in [0.25, 0.3) is 5.91 Å². The van der Waals surface area contributed by atoms with E-state index in [0.717, 1.165) is 32.1 Å². The molecule has 1 aliphatic carbocycles. The summed E-state index contributed by atoms with van der Waals surface area (Å²) in [6, 6.07) is 0. The van der Waals surface area contributed by atoms with E-state index in [1.807, 2.05) is 6.92 Å². The second-order valence-corrected chi connectivity index (χ2v) is 4.79. The van der Waals surface area contributed by atoms with Gasteiger partial charge in [-0.2, -0.15) is 0 Å². The number of likely N-dealkylation sites (N-methyl/N-ethyl adjacent to an activating group) is 1. The molecule has 0 bridgehead atoms. The Balaban J connectivity index is 2.70. The van der Waals surface area contributed by atoms with Gasteiger partial charge in [0.2, 0.25) is 0 Å². The van der Waals surface area contributed by atoms with Crippen LogP contribution in [0, 0.1) is 0 Å². The third kappa shape index (κ3) is 3.45. The minimum atomic E-state index is -0.878. The number of hydrogen-bond donors (Lipinski definition) is 1. The molecule has 18 heavy (non-hydrogen) atoms. The Morgan fingerprint density at radius 2 is 1.89 bits per heavy atom. The van der Waals surface area contributed by atoms with E-state index in [2.05, 4.69) is 0 Å². The van der Waals surface area contributed by atoms with E-state index in [1.165, 1.54) is 0 Å². The van der Waals surface area contributed by atoms with Crippen molar-refractivity contribution in [2.75, 3.05) is 20.2 Å². The predicted octanol–water partition coefficient (Wildman–Crippen LogP) is 1.66. The van der Waals surface area contributed by atoms with Gasteiger partial charge in [0.15, 0.2) is 0 Å². The molecule has 0 radical (unpaired) electrons. The second-order valence-electron chi connectivity index (χ2n) is 4.79. The van der Waals surface area contributed by atoms with Crippen molar-refractivity contribution >= 4 is 11.9 Å². The van der Waals surface area contributed by atoms with Gasteiger partial charge in [0.05, 0.1) is 6.42 Å². The van der Waals surface area contributed by atoms with E-state index in [9.17, 15) is 9.59 Å². The number of methoxy groups -OCH3 is 1. The van der Waals surface area contributed by atoms with Crippen LogP contribution in [0.15, 0.2) is 0 Å². The van der Waals surface area contributed by atoms with Crippen LogP contribution in [0.25, 0.3) is 0 Å². The molecule has 0 unspecified atom stereocenters. The Morgan fingerprint density at radius 1 is 1.28 bits per heavy atom. The third-order valence-electron chi connectivity index (χ3n) is 3.71. The van der Waals surface area contributed by atoms with Crippen LogP contribution in [-0.2, 0) is 14.3 Å². The highest BCUT2D eigenvalue weighted by Crippen LogP contribution is 2.32. The van der Waals surface area contributed by atoms with Crippen LogP contribution < -0.4 is 0 Å². The largest absolute Gasteiger partial charge is 0.481 e. The van der Waals surface area contributed by atoms with Gasteiger partial charge in [-0.25, -0.2) is 0 Å². The van der Waals surface area contributed by atoms with Gasteiger partial charge in [-0.3, -0.25) is 9.59 Å². The van der Waals surface area contributed by atoms with E-state index in [0.29, 0.717) is 6.54 Å². The molecule has 0 saturated heterocycles. The van der Waals surface area contributed by atoms with Gasteiger partial charge in [-0.1, -0.05) is 19.3 Å². The van der Waals surface area contributed by atoms with E-state index in [-0.39, 0.29) is 18.9 Å². The number of hydrogen-bond acceptors (Lipinski definition) is 3. The van der Waals surface area contributed by atoms with Gasteiger partial charge in [0.1, 0.15) is 5.60 Å². The summed E-state index contributed by atoms with van der Waals surface area (Å²) in [5, 5.41) is 8.70. The first-order chi connectivity index (χ1) is 8.55. The Kier molecular flexibility index (Phi) is 5.59. The summed E-state index contributed by atoms with van der Waals surface area (Å²) in [5.74, 6) is -0.926. The number of carbonyl (C=O) groups excluding carboxylic acids is 1. The standard InChI is InChI=1S/C13H23NO4/c1-3-14(10-7-11(15)16)12(17)13(18-2)8-5-4-6-9-13/h3-10H2,1-2H3,(H,15,16). The molecule has 5 heteroatoms. The minimum Gasteiger partial charge on any atom is -0.481 e. The molecular formula is C13H23NO4. The molecule has 0 aromatic rings. The lowest BCUT2D eigenvalue weighted by Crippen LogP contribution is -2.51. The maximum atomic E-state index is 12.5. The molecule has 1 fully saturated rings. The van der Waals surface area contributed by atoms with Gasteiger partial charge in [0, 0.05) is 20.2 Å². The average molecular weight is 257 g/mol. The molecule has 1 amide bonds. The maximum absolute atomic E-state index is 12.5. The minimum absolute atomic E-state index is 0.0145. The van der Waals surface area contributed by atoms with Gasteiger partial charge >= 0.3 is 5.97 Å². The lowest BCUT2D eigenvalue weighted by Gasteiger charge is -2.38. The first-order valence-electron chi connectivity index (χ1n) is 6.62. The molecule has 1 rings (SSSR count). The Morgan fingerprint density at radius 3 is 2.33 bits per heavy atom. The van der Waals surface area contributed by atoms with Crippen molar-refractivity contribution in [3.63, 3.8) is 0 Å². The molecule has 0 aromatic carbocycles. The number of carboxylic acid groups (broad SMARTS) is 1. The highest BCUT2D eigenvalue weighted by atomic mass is 16.5. The zero-order chi connectivity index (χ0) is 13.6. The van der Waals surface area contributed by atoms with Crippen LogP contribution >= 0.6 is 0 Å². The molecular weight excluding hydrogens is 234 g/mol. The topological polar surface area (TPSA) is 66.8 Å². The van der Waals surface area contributed by atoms with Crippen molar-refractivity contribution in [1.29, 1.82) is 0 Å². The number of aliphatic carboxylic acids is 1. The highest BCUT2D eigenvalue weighted by molar-refractivity contribution is 5.85. The Labute approximate surface area is 108 Å². The molecule has 0 spiro atoms. The maximum Gasteiger partial charge on any atom is 0.305 e. The van der Waals surface area contributed by atoms with Crippen molar-refractivity contribution in [2.45, 2.75) is 51.0 Å². The molecule has 5 nitrogen and oxygen atoms in total. The zero-order valence-corrected chi connectivity index (χ0v) is 11.3. The summed E-state index contributed by atoms with van der Waals surface area (Å²) < 4.78 is 5.49. The monoisotopic (exact) mass is 257 g/mol. The summed E-state index contributed by atoms with van der Waals surface area (Å²) in [6.07, 6.45) is 4.60. The number of carboxylic acids is 1. The summed E-state index contributed by atoms with van der Waals surface area (Å²) in [4.78, 5) is 24.7. The molecule has 1 N–H and O–H groups in total. The van der Waals surface area contributed by atoms with Crippen LogP contribution in [0.5, 0.6) is 0 Å². The van der Waals surface area contributed by atoms with Crippen molar-refractivity contribution in [3.05, 3.63) is 0 Å². The molecule has 1 saturated carbocycles. The normalized spacial score (nSPS) is 18.3. The average Bonchev–Trinajstić information content (AvgIpc) is 2.39. The zero-order valence-electron chi connectivity index (χ0n) is 11.3. The van der Waals surface area contributed by atoms with Crippen molar-refractivity contribution in [1.82, 2.24) is 4.90 Å². The van der Waals surface area contributed by atoms with E-state index >= 15 is 0 Å². The van der Waals surface area contributed by atoms with Crippen LogP contribution in [0.2, 0.25) is 0 Å². The number of nitrogens with zero attached hydrogens (tertiary/aromatic N) is 1. The number of amides is 1. The molecule has 0 atom stereocenters. The summed E-state index contributed by atoms with van der Waals surface area (Å²) in [7, 11) is 1.58. The van der Waals surface area contributed by atoms with Crippen LogP contribution in [0.4, 0.5) is 0 Å². The van der Waals surface area contributed by atoms with Gasteiger partial charge < -0.3 is 14.7 Å². The SMILES string of the molecule is CCN(CCC(=O)O)C(=O)C1(OC)CCCCC1. The Hall–Kier alpha value is -1.10. The second kappa shape index (κ2) is 6.73. The first-order valence-corrected chi connectivity index (χ1v) is 6.62. The number of carbonyl (C=O) groups is 2. The quantitative estimate of drug-likeness (QED) is 0.785. The van der Waals surface area contributed by atoms with Crippen LogP contribution in [-0.4, -0.2) is 47.7 Å². The van der Waals surface area contributed by atoms with Crippen LogP contribution in [0.1, 0.15) is 45.4 Å². The van der Waals surface area contributed by atoms with E-state index in [4.69, 9.17) is 9.84 Å². The highest BCUT2D eigenvalue weighted by Gasteiger charge is 2.41. The summed E-state index contributed by atoms with van der Waals surface area (Å²) in [5.41, 5.74) is -0.716. The fraction of sp³-hybridized carbons (Fsp3) is 0.846. The molecule has 104 valence electrons. The van der Waals surface area contributed by atoms with E-state index < -0.39 is 11.6 Å². The summed E-state index contributed by atoms with van der Waals surface area (Å²) in [6.45, 7) is 2.65. The van der Waals surface area contributed by atoms with Gasteiger partial charge in [-0.15, -0.1) is 0 Å². The summed E-state index contributed by atoms with van der Waals surface area (Å²) >= 11 is 0. The molecule has 0 aromatic heterocycles. The first kappa shape index (κ1) is 15.0. The smallest absolute Gasteiger partial charge is 0.305 e. The third-order valence-corrected chi connectivity index (χ3v) is 3.71. The number of ether oxygens (including phenoxy) is 1. The predicted molar refractivity (Wildman–Crippen MR) is 67.3 cm³/mol. The van der Waals surface area contributed by atoms with Crippen LogP contribution in [0.3, 0.4) is 0 Å².